The minimum Gasteiger partial charge on any atom is -0.478 e. The summed E-state index contributed by atoms with van der Waals surface area (Å²) in [5, 5.41) is 38.4. The lowest BCUT2D eigenvalue weighted by molar-refractivity contribution is 0.0683. The molecule has 4 aromatic rings. The molecule has 0 saturated heterocycles. The molecule has 0 unspecified atom stereocenters. The van der Waals surface area contributed by atoms with Crippen molar-refractivity contribution in [1.82, 2.24) is 0 Å². The van der Waals surface area contributed by atoms with Crippen molar-refractivity contribution in [1.29, 1.82) is 0 Å². The van der Waals surface area contributed by atoms with Gasteiger partial charge in [0.1, 0.15) is 0 Å². The van der Waals surface area contributed by atoms with Crippen LogP contribution < -0.4 is 0 Å². The number of carbonyl (C=O) groups is 4. The molecule has 0 amide bonds. The lowest BCUT2D eigenvalue weighted by atomic mass is 9.95. The first-order valence-electron chi connectivity index (χ1n) is 9.92. The highest BCUT2D eigenvalue weighted by Crippen LogP contribution is 2.35. The Hall–Kier alpha value is -4.98. The third-order valence-corrected chi connectivity index (χ3v) is 5.46. The molecule has 0 bridgehead atoms. The van der Waals surface area contributed by atoms with E-state index >= 15 is 0 Å². The SMILES string of the molecule is O=C(O)c1ccc2c3c(ccc(C(=O)O)c13)C=C2.O=C(O)c1ccc2cc(C(=O)O)ccc2c1. The Kier molecular flexibility index (Phi) is 5.56. The molecule has 0 heterocycles. The van der Waals surface area contributed by atoms with Gasteiger partial charge in [0.05, 0.1) is 22.3 Å². The Morgan fingerprint density at radius 1 is 0.471 bits per heavy atom. The fourth-order valence-electron chi connectivity index (χ4n) is 3.87. The summed E-state index contributed by atoms with van der Waals surface area (Å²) in [7, 11) is 0. The average molecular weight is 456 g/mol. The van der Waals surface area contributed by atoms with Crippen LogP contribution in [-0.2, 0) is 0 Å². The van der Waals surface area contributed by atoms with Crippen molar-refractivity contribution in [2.45, 2.75) is 0 Å². The zero-order valence-electron chi connectivity index (χ0n) is 17.4. The van der Waals surface area contributed by atoms with Crippen molar-refractivity contribution in [2.24, 2.45) is 0 Å². The van der Waals surface area contributed by atoms with E-state index in [1.165, 1.54) is 36.4 Å². The number of hydrogen-bond donors (Lipinski definition) is 4. The van der Waals surface area contributed by atoms with Gasteiger partial charge in [-0.05, 0) is 63.7 Å². The quantitative estimate of drug-likeness (QED) is 0.297. The van der Waals surface area contributed by atoms with E-state index in [2.05, 4.69) is 0 Å². The van der Waals surface area contributed by atoms with Crippen LogP contribution in [-0.4, -0.2) is 44.3 Å². The molecule has 0 aromatic heterocycles. The van der Waals surface area contributed by atoms with Crippen LogP contribution >= 0.6 is 0 Å². The predicted octanol–water partition coefficient (Wildman–Crippen LogP) is 4.96. The zero-order chi connectivity index (χ0) is 24.6. The normalized spacial score (nSPS) is 11.2. The van der Waals surface area contributed by atoms with Gasteiger partial charge in [0.25, 0.3) is 0 Å². The lowest BCUT2D eigenvalue weighted by Crippen LogP contribution is -2.04. The molecular formula is C26H16O8. The van der Waals surface area contributed by atoms with E-state index in [1.54, 1.807) is 24.3 Å². The maximum atomic E-state index is 11.2. The summed E-state index contributed by atoms with van der Waals surface area (Å²) in [5.74, 6) is -4.23. The van der Waals surface area contributed by atoms with Crippen LogP contribution in [0.5, 0.6) is 0 Å². The topological polar surface area (TPSA) is 149 Å². The standard InChI is InChI=1S/C14H8O4.C12H8O4/c15-13(16)9-5-3-7-1-2-8-4-6-10(14(17)18)12(9)11(7)8;13-11(14)9-3-1-7-5-10(12(15)16)4-2-8(7)6-9/h1-6H,(H,15,16)(H,17,18);1-6H,(H,13,14)(H,15,16). The molecule has 1 aliphatic rings. The van der Waals surface area contributed by atoms with Gasteiger partial charge in [-0.1, -0.05) is 36.4 Å². The maximum Gasteiger partial charge on any atom is 0.336 e. The highest BCUT2D eigenvalue weighted by Gasteiger charge is 2.21. The van der Waals surface area contributed by atoms with E-state index in [0.29, 0.717) is 21.5 Å². The molecule has 8 heteroatoms. The summed E-state index contributed by atoms with van der Waals surface area (Å²) in [5.41, 5.74) is 2.14. The van der Waals surface area contributed by atoms with Crippen molar-refractivity contribution >= 4 is 57.6 Å². The van der Waals surface area contributed by atoms with Crippen molar-refractivity contribution in [3.63, 3.8) is 0 Å². The minimum atomic E-state index is -1.12. The Bertz CT molecular complexity index is 1450. The number of carboxylic acid groups (broad SMARTS) is 4. The van der Waals surface area contributed by atoms with Gasteiger partial charge in [-0.2, -0.15) is 0 Å². The van der Waals surface area contributed by atoms with E-state index in [9.17, 15) is 29.4 Å². The number of fused-ring (bicyclic) bond motifs is 1. The van der Waals surface area contributed by atoms with Crippen LogP contribution in [0.15, 0.2) is 60.7 Å². The Balaban J connectivity index is 0.000000162. The lowest BCUT2D eigenvalue weighted by Gasteiger charge is -2.09. The van der Waals surface area contributed by atoms with Gasteiger partial charge < -0.3 is 20.4 Å². The molecule has 0 aliphatic heterocycles. The zero-order valence-corrected chi connectivity index (χ0v) is 17.4. The van der Waals surface area contributed by atoms with Crippen LogP contribution in [0, 0.1) is 0 Å². The van der Waals surface area contributed by atoms with E-state index in [1.807, 2.05) is 12.2 Å². The molecule has 4 aromatic carbocycles. The molecular weight excluding hydrogens is 440 g/mol. The molecule has 0 saturated carbocycles. The highest BCUT2D eigenvalue weighted by molar-refractivity contribution is 6.18. The summed E-state index contributed by atoms with van der Waals surface area (Å²) in [6.45, 7) is 0. The second-order valence-electron chi connectivity index (χ2n) is 7.49. The molecule has 0 fully saturated rings. The highest BCUT2D eigenvalue weighted by atomic mass is 16.4. The van der Waals surface area contributed by atoms with Gasteiger partial charge in [0, 0.05) is 5.39 Å². The maximum absolute atomic E-state index is 11.2. The molecule has 5 rings (SSSR count). The Morgan fingerprint density at radius 2 is 0.882 bits per heavy atom. The molecule has 8 nitrogen and oxygen atoms in total. The van der Waals surface area contributed by atoms with Crippen LogP contribution in [0.25, 0.3) is 33.7 Å². The summed E-state index contributed by atoms with van der Waals surface area (Å²) in [4.78, 5) is 43.9. The molecule has 0 spiro atoms. The van der Waals surface area contributed by atoms with E-state index in [0.717, 1.165) is 11.1 Å². The molecule has 1 aliphatic carbocycles. The fraction of sp³-hybridized carbons (Fsp3) is 0. The van der Waals surface area contributed by atoms with Gasteiger partial charge in [-0.15, -0.1) is 0 Å². The second kappa shape index (κ2) is 8.51. The van der Waals surface area contributed by atoms with Gasteiger partial charge in [-0.25, -0.2) is 19.2 Å². The van der Waals surface area contributed by atoms with E-state index in [4.69, 9.17) is 10.2 Å². The largest absolute Gasteiger partial charge is 0.478 e. The number of aromatic carboxylic acids is 4. The Labute approximate surface area is 191 Å². The summed E-state index contributed by atoms with van der Waals surface area (Å²) < 4.78 is 0. The third kappa shape index (κ3) is 3.95. The van der Waals surface area contributed by atoms with Crippen molar-refractivity contribution in [2.75, 3.05) is 0 Å². The number of carboxylic acids is 4. The van der Waals surface area contributed by atoms with E-state index < -0.39 is 23.9 Å². The smallest absolute Gasteiger partial charge is 0.336 e. The van der Waals surface area contributed by atoms with E-state index in [-0.39, 0.29) is 22.3 Å². The van der Waals surface area contributed by atoms with Crippen LogP contribution in [0.2, 0.25) is 0 Å². The summed E-state index contributed by atoms with van der Waals surface area (Å²) in [6.07, 6.45) is 3.71. The third-order valence-electron chi connectivity index (χ3n) is 5.46. The minimum absolute atomic E-state index is 0.0247. The van der Waals surface area contributed by atoms with Gasteiger partial charge in [0.2, 0.25) is 0 Å². The number of rotatable bonds is 4. The molecule has 0 radical (unpaired) electrons. The van der Waals surface area contributed by atoms with Gasteiger partial charge >= 0.3 is 23.9 Å². The van der Waals surface area contributed by atoms with Crippen molar-refractivity contribution in [3.05, 3.63) is 94.0 Å². The summed E-state index contributed by atoms with van der Waals surface area (Å²) >= 11 is 0. The first-order valence-corrected chi connectivity index (χ1v) is 9.92. The molecule has 168 valence electrons. The number of benzene rings is 4. The second-order valence-corrected chi connectivity index (χ2v) is 7.49. The fourth-order valence-corrected chi connectivity index (χ4v) is 3.87. The van der Waals surface area contributed by atoms with Crippen molar-refractivity contribution < 1.29 is 39.6 Å². The molecule has 0 atom stereocenters. The van der Waals surface area contributed by atoms with Gasteiger partial charge in [-0.3, -0.25) is 0 Å². The first kappa shape index (κ1) is 22.2. The molecule has 34 heavy (non-hydrogen) atoms. The number of hydrogen-bond acceptors (Lipinski definition) is 4. The van der Waals surface area contributed by atoms with Crippen LogP contribution in [0.1, 0.15) is 52.6 Å². The first-order chi connectivity index (χ1) is 16.2. The summed E-state index contributed by atoms with van der Waals surface area (Å²) in [6, 6.07) is 15.4. The van der Waals surface area contributed by atoms with Crippen LogP contribution in [0.3, 0.4) is 0 Å². The van der Waals surface area contributed by atoms with Gasteiger partial charge in [0.15, 0.2) is 0 Å². The van der Waals surface area contributed by atoms with Crippen LogP contribution in [0.4, 0.5) is 0 Å². The Morgan fingerprint density at radius 3 is 1.24 bits per heavy atom. The predicted molar refractivity (Wildman–Crippen MR) is 125 cm³/mol. The molecule has 4 N–H and O–H groups in total. The monoisotopic (exact) mass is 456 g/mol. The average Bonchev–Trinajstić information content (AvgIpc) is 3.23. The van der Waals surface area contributed by atoms with Crippen molar-refractivity contribution in [3.8, 4) is 0 Å².